The second kappa shape index (κ2) is 7.59. The molecule has 0 aromatic heterocycles. The summed E-state index contributed by atoms with van der Waals surface area (Å²) in [4.78, 5) is 14.1. The van der Waals surface area contributed by atoms with Gasteiger partial charge in [0.1, 0.15) is 5.54 Å². The average molecular weight is 298 g/mol. The molecule has 4 heteroatoms. The summed E-state index contributed by atoms with van der Waals surface area (Å²) in [5.41, 5.74) is -0.371. The minimum absolute atomic E-state index is 0.301. The SMILES string of the molecule is CCCNC(C)(CC(C)N1CCC(CC)(CC)C1)C(=O)O. The highest BCUT2D eigenvalue weighted by Crippen LogP contribution is 2.38. The van der Waals surface area contributed by atoms with Gasteiger partial charge in [0.15, 0.2) is 0 Å². The molecule has 1 aliphatic heterocycles. The third kappa shape index (κ3) is 4.43. The van der Waals surface area contributed by atoms with Gasteiger partial charge in [-0.1, -0.05) is 20.8 Å². The number of hydrogen-bond donors (Lipinski definition) is 2. The van der Waals surface area contributed by atoms with Gasteiger partial charge in [-0.05, 0) is 64.5 Å². The van der Waals surface area contributed by atoms with Crippen LogP contribution in [0.3, 0.4) is 0 Å². The Hall–Kier alpha value is -0.610. The van der Waals surface area contributed by atoms with Gasteiger partial charge in [0, 0.05) is 12.6 Å². The van der Waals surface area contributed by atoms with E-state index in [4.69, 9.17) is 0 Å². The zero-order chi connectivity index (χ0) is 16.1. The molecule has 1 rings (SSSR count). The molecule has 124 valence electrons. The first-order valence-corrected chi connectivity index (χ1v) is 8.55. The highest BCUT2D eigenvalue weighted by atomic mass is 16.4. The molecule has 21 heavy (non-hydrogen) atoms. The number of likely N-dealkylation sites (tertiary alicyclic amines) is 1. The van der Waals surface area contributed by atoms with Gasteiger partial charge in [-0.25, -0.2) is 0 Å². The quantitative estimate of drug-likeness (QED) is 0.687. The van der Waals surface area contributed by atoms with Crippen LogP contribution in [0.5, 0.6) is 0 Å². The zero-order valence-electron chi connectivity index (χ0n) is 14.5. The number of nitrogens with one attached hydrogen (secondary N) is 1. The predicted molar refractivity (Wildman–Crippen MR) is 87.6 cm³/mol. The second-order valence-electron chi connectivity index (χ2n) is 7.04. The second-order valence-corrected chi connectivity index (χ2v) is 7.04. The van der Waals surface area contributed by atoms with E-state index in [1.165, 1.54) is 19.3 Å². The molecule has 2 N–H and O–H groups in total. The topological polar surface area (TPSA) is 52.6 Å². The summed E-state index contributed by atoms with van der Waals surface area (Å²) in [6, 6.07) is 0.301. The van der Waals surface area contributed by atoms with E-state index < -0.39 is 11.5 Å². The third-order valence-corrected chi connectivity index (χ3v) is 5.53. The van der Waals surface area contributed by atoms with E-state index in [9.17, 15) is 9.90 Å². The third-order valence-electron chi connectivity index (χ3n) is 5.53. The van der Waals surface area contributed by atoms with E-state index in [0.717, 1.165) is 26.1 Å². The maximum absolute atomic E-state index is 11.6. The number of carboxylic acids is 1. The fourth-order valence-electron chi connectivity index (χ4n) is 3.53. The van der Waals surface area contributed by atoms with Gasteiger partial charge < -0.3 is 15.3 Å². The van der Waals surface area contributed by atoms with Gasteiger partial charge >= 0.3 is 5.97 Å². The van der Waals surface area contributed by atoms with E-state index in [-0.39, 0.29) is 0 Å². The number of rotatable bonds is 9. The standard InChI is InChI=1S/C17H34N2O2/c1-6-10-18-16(5,15(20)21)12-14(4)19-11-9-17(7-2,8-3)13-19/h14,18H,6-13H2,1-5H3,(H,20,21). The summed E-state index contributed by atoms with van der Waals surface area (Å²) in [5.74, 6) is -0.737. The van der Waals surface area contributed by atoms with Crippen LogP contribution in [-0.2, 0) is 4.79 Å². The summed E-state index contributed by atoms with van der Waals surface area (Å²) in [7, 11) is 0. The van der Waals surface area contributed by atoms with Crippen LogP contribution >= 0.6 is 0 Å². The van der Waals surface area contributed by atoms with E-state index in [1.54, 1.807) is 0 Å². The largest absolute Gasteiger partial charge is 0.480 e. The lowest BCUT2D eigenvalue weighted by Crippen LogP contribution is -2.53. The van der Waals surface area contributed by atoms with Gasteiger partial charge in [-0.2, -0.15) is 0 Å². The Morgan fingerprint density at radius 3 is 2.43 bits per heavy atom. The van der Waals surface area contributed by atoms with Crippen molar-refractivity contribution in [3.8, 4) is 0 Å². The van der Waals surface area contributed by atoms with Crippen molar-refractivity contribution in [2.75, 3.05) is 19.6 Å². The number of nitrogens with zero attached hydrogens (tertiary/aromatic N) is 1. The fraction of sp³-hybridized carbons (Fsp3) is 0.941. The molecule has 0 aromatic rings. The molecule has 0 radical (unpaired) electrons. The smallest absolute Gasteiger partial charge is 0.323 e. The molecule has 2 unspecified atom stereocenters. The van der Waals surface area contributed by atoms with Gasteiger partial charge in [0.05, 0.1) is 0 Å². The molecule has 0 saturated carbocycles. The molecule has 1 heterocycles. The first-order chi connectivity index (χ1) is 9.82. The van der Waals surface area contributed by atoms with Crippen molar-refractivity contribution >= 4 is 5.97 Å². The van der Waals surface area contributed by atoms with Crippen LogP contribution in [-0.4, -0.2) is 47.2 Å². The van der Waals surface area contributed by atoms with Crippen molar-refractivity contribution in [3.63, 3.8) is 0 Å². The molecule has 0 amide bonds. The molecule has 1 fully saturated rings. The van der Waals surface area contributed by atoms with Crippen LogP contribution in [0.25, 0.3) is 0 Å². The first kappa shape index (κ1) is 18.4. The van der Waals surface area contributed by atoms with Gasteiger partial charge in [0.25, 0.3) is 0 Å². The van der Waals surface area contributed by atoms with Gasteiger partial charge in [0.2, 0.25) is 0 Å². The number of aliphatic carboxylic acids is 1. The maximum Gasteiger partial charge on any atom is 0.323 e. The van der Waals surface area contributed by atoms with Crippen LogP contribution in [0.15, 0.2) is 0 Å². The molecular weight excluding hydrogens is 264 g/mol. The minimum atomic E-state index is -0.820. The Morgan fingerprint density at radius 1 is 1.38 bits per heavy atom. The van der Waals surface area contributed by atoms with Crippen molar-refractivity contribution in [2.45, 2.75) is 78.3 Å². The fourth-order valence-corrected chi connectivity index (χ4v) is 3.53. The maximum atomic E-state index is 11.6. The lowest BCUT2D eigenvalue weighted by atomic mass is 9.82. The Morgan fingerprint density at radius 2 is 2.00 bits per heavy atom. The lowest BCUT2D eigenvalue weighted by molar-refractivity contribution is -0.145. The first-order valence-electron chi connectivity index (χ1n) is 8.55. The molecule has 0 aliphatic carbocycles. The van der Waals surface area contributed by atoms with Crippen LogP contribution in [0.1, 0.15) is 66.7 Å². The van der Waals surface area contributed by atoms with Gasteiger partial charge in [-0.15, -0.1) is 0 Å². The summed E-state index contributed by atoms with van der Waals surface area (Å²) >= 11 is 0. The van der Waals surface area contributed by atoms with Crippen molar-refractivity contribution < 1.29 is 9.90 Å². The normalized spacial score (nSPS) is 22.9. The summed E-state index contributed by atoms with van der Waals surface area (Å²) in [6.07, 6.45) is 5.30. The Balaban J connectivity index is 2.66. The van der Waals surface area contributed by atoms with Crippen molar-refractivity contribution in [1.29, 1.82) is 0 Å². The minimum Gasteiger partial charge on any atom is -0.480 e. The van der Waals surface area contributed by atoms with E-state index in [1.807, 2.05) is 6.92 Å². The molecule has 1 saturated heterocycles. The lowest BCUT2D eigenvalue weighted by Gasteiger charge is -2.34. The average Bonchev–Trinajstić information content (AvgIpc) is 2.90. The predicted octanol–water partition coefficient (Wildman–Crippen LogP) is 3.12. The summed E-state index contributed by atoms with van der Waals surface area (Å²) in [5, 5.41) is 12.8. The Kier molecular flexibility index (Phi) is 6.67. The Bertz CT molecular complexity index is 342. The monoisotopic (exact) mass is 298 g/mol. The van der Waals surface area contributed by atoms with Crippen molar-refractivity contribution in [3.05, 3.63) is 0 Å². The number of carboxylic acid groups (broad SMARTS) is 1. The summed E-state index contributed by atoms with van der Waals surface area (Å²) in [6.45, 7) is 13.6. The van der Waals surface area contributed by atoms with Crippen LogP contribution in [0, 0.1) is 5.41 Å². The number of carbonyl (C=O) groups is 1. The number of hydrogen-bond acceptors (Lipinski definition) is 3. The van der Waals surface area contributed by atoms with Crippen LogP contribution < -0.4 is 5.32 Å². The van der Waals surface area contributed by atoms with E-state index in [0.29, 0.717) is 17.9 Å². The molecular formula is C17H34N2O2. The van der Waals surface area contributed by atoms with E-state index >= 15 is 0 Å². The summed E-state index contributed by atoms with van der Waals surface area (Å²) < 4.78 is 0. The van der Waals surface area contributed by atoms with Crippen LogP contribution in [0.4, 0.5) is 0 Å². The van der Waals surface area contributed by atoms with E-state index in [2.05, 4.69) is 37.9 Å². The molecule has 4 nitrogen and oxygen atoms in total. The van der Waals surface area contributed by atoms with Crippen molar-refractivity contribution in [1.82, 2.24) is 10.2 Å². The Labute approximate surface area is 130 Å². The van der Waals surface area contributed by atoms with Crippen LogP contribution in [0.2, 0.25) is 0 Å². The molecule has 1 aliphatic rings. The highest BCUT2D eigenvalue weighted by Gasteiger charge is 2.40. The zero-order valence-corrected chi connectivity index (χ0v) is 14.5. The molecule has 0 bridgehead atoms. The molecule has 0 spiro atoms. The molecule has 2 atom stereocenters. The highest BCUT2D eigenvalue weighted by molar-refractivity contribution is 5.78. The molecule has 0 aromatic carbocycles. The van der Waals surface area contributed by atoms with Crippen molar-refractivity contribution in [2.24, 2.45) is 5.41 Å². The van der Waals surface area contributed by atoms with Gasteiger partial charge in [-0.3, -0.25) is 4.79 Å².